The van der Waals surface area contributed by atoms with Crippen LogP contribution in [0.3, 0.4) is 0 Å². The van der Waals surface area contributed by atoms with E-state index >= 15 is 0 Å². The van der Waals surface area contributed by atoms with Crippen LogP contribution < -0.4 is 4.74 Å². The Labute approximate surface area is 160 Å². The summed E-state index contributed by atoms with van der Waals surface area (Å²) < 4.78 is 5.87. The van der Waals surface area contributed by atoms with E-state index < -0.39 is 5.60 Å². The maximum Gasteiger partial charge on any atom is 0.193 e. The molecule has 26 heavy (non-hydrogen) atoms. The van der Waals surface area contributed by atoms with Gasteiger partial charge in [-0.25, -0.2) is 0 Å². The average Bonchev–Trinajstić information content (AvgIpc) is 2.62. The highest BCUT2D eigenvalue weighted by Crippen LogP contribution is 2.23. The van der Waals surface area contributed by atoms with Gasteiger partial charge in [-0.1, -0.05) is 31.4 Å². The zero-order valence-corrected chi connectivity index (χ0v) is 16.3. The molecule has 0 unspecified atom stereocenters. The number of ether oxygens (including phenoxy) is 1. The summed E-state index contributed by atoms with van der Waals surface area (Å²) in [5.74, 6) is 0.585. The molecule has 0 amide bonds. The van der Waals surface area contributed by atoms with Crippen molar-refractivity contribution in [2.45, 2.75) is 52.1 Å². The van der Waals surface area contributed by atoms with Crippen molar-refractivity contribution in [2.24, 2.45) is 0 Å². The molecule has 0 saturated heterocycles. The highest BCUT2D eigenvalue weighted by Gasteiger charge is 2.29. The van der Waals surface area contributed by atoms with Gasteiger partial charge in [-0.15, -0.1) is 0 Å². The monoisotopic (exact) mass is 372 g/mol. The fourth-order valence-corrected chi connectivity index (χ4v) is 2.76. The summed E-state index contributed by atoms with van der Waals surface area (Å²) >= 11 is 5.85. The van der Waals surface area contributed by atoms with Crippen LogP contribution in [0.1, 0.15) is 62.4 Å². The van der Waals surface area contributed by atoms with Gasteiger partial charge >= 0.3 is 0 Å². The lowest BCUT2D eigenvalue weighted by atomic mass is 9.98. The molecule has 0 radical (unpaired) electrons. The van der Waals surface area contributed by atoms with E-state index in [1.165, 1.54) is 0 Å². The first kappa shape index (κ1) is 20.2. The predicted octanol–water partition coefficient (Wildman–Crippen LogP) is 5.88. The van der Waals surface area contributed by atoms with E-state index in [0.717, 1.165) is 19.3 Å². The summed E-state index contributed by atoms with van der Waals surface area (Å²) in [5.41, 5.74) is 0.261. The van der Waals surface area contributed by atoms with Crippen LogP contribution in [0.5, 0.6) is 5.75 Å². The van der Waals surface area contributed by atoms with Crippen LogP contribution >= 0.6 is 11.6 Å². The van der Waals surface area contributed by atoms with Crippen molar-refractivity contribution >= 4 is 23.2 Å². The molecule has 0 fully saturated rings. The highest BCUT2D eigenvalue weighted by molar-refractivity contribution is 6.30. The largest absolute Gasteiger partial charge is 0.480 e. The third kappa shape index (κ3) is 5.43. The number of hydrogen-bond acceptors (Lipinski definition) is 3. The minimum Gasteiger partial charge on any atom is -0.480 e. The molecule has 3 nitrogen and oxygen atoms in total. The van der Waals surface area contributed by atoms with Gasteiger partial charge in [-0.3, -0.25) is 9.59 Å². The van der Waals surface area contributed by atoms with Crippen molar-refractivity contribution in [1.29, 1.82) is 0 Å². The fourth-order valence-electron chi connectivity index (χ4n) is 2.63. The summed E-state index contributed by atoms with van der Waals surface area (Å²) in [7, 11) is 0. The molecule has 4 heteroatoms. The second-order valence-electron chi connectivity index (χ2n) is 6.85. The zero-order valence-electron chi connectivity index (χ0n) is 15.5. The molecule has 2 rings (SSSR count). The molecule has 0 aromatic heterocycles. The molecule has 0 N–H and O–H groups in total. The number of rotatable bonds is 9. The Balaban J connectivity index is 2.03. The Morgan fingerprint density at radius 1 is 0.923 bits per heavy atom. The van der Waals surface area contributed by atoms with Gasteiger partial charge in [0.2, 0.25) is 0 Å². The summed E-state index contributed by atoms with van der Waals surface area (Å²) in [6, 6.07) is 13.7. The van der Waals surface area contributed by atoms with E-state index in [1.807, 2.05) is 0 Å². The van der Waals surface area contributed by atoms with E-state index in [2.05, 4.69) is 6.92 Å². The lowest BCUT2D eigenvalue weighted by Crippen LogP contribution is -2.38. The lowest BCUT2D eigenvalue weighted by Gasteiger charge is -2.25. The van der Waals surface area contributed by atoms with Crippen LogP contribution in [0, 0.1) is 0 Å². The molecule has 0 aliphatic rings. The summed E-state index contributed by atoms with van der Waals surface area (Å²) in [4.78, 5) is 24.8. The molecule has 0 atom stereocenters. The van der Waals surface area contributed by atoms with Crippen molar-refractivity contribution in [3.05, 3.63) is 64.7 Å². The van der Waals surface area contributed by atoms with Crippen molar-refractivity contribution < 1.29 is 14.3 Å². The van der Waals surface area contributed by atoms with E-state index in [4.69, 9.17) is 16.3 Å². The zero-order chi connectivity index (χ0) is 19.2. The Hall–Kier alpha value is -2.13. The highest BCUT2D eigenvalue weighted by atomic mass is 35.5. The molecule has 0 aliphatic carbocycles. The fraction of sp³-hybridized carbons (Fsp3) is 0.364. The van der Waals surface area contributed by atoms with E-state index in [1.54, 1.807) is 62.4 Å². The average molecular weight is 373 g/mol. The van der Waals surface area contributed by atoms with Gasteiger partial charge < -0.3 is 4.74 Å². The molecule has 0 spiro atoms. The lowest BCUT2D eigenvalue weighted by molar-refractivity contribution is -0.132. The standard InChI is InChI=1S/C22H25ClO3/c1-4-5-6-7-20(24)22(2,3)26-19-14-10-17(11-15-19)21(25)16-8-12-18(23)13-9-16/h8-15H,4-7H2,1-3H3. The molecular weight excluding hydrogens is 348 g/mol. The maximum atomic E-state index is 12.5. The number of unbranched alkanes of at least 4 members (excludes halogenated alkanes) is 2. The normalized spacial score (nSPS) is 11.2. The van der Waals surface area contributed by atoms with Gasteiger partial charge in [0.15, 0.2) is 17.2 Å². The second-order valence-corrected chi connectivity index (χ2v) is 7.29. The van der Waals surface area contributed by atoms with Crippen LogP contribution in [-0.4, -0.2) is 17.2 Å². The number of carbonyl (C=O) groups is 2. The van der Waals surface area contributed by atoms with Gasteiger partial charge in [0.1, 0.15) is 5.75 Å². The Morgan fingerprint density at radius 2 is 1.46 bits per heavy atom. The number of halogens is 1. The second kappa shape index (κ2) is 9.00. The predicted molar refractivity (Wildman–Crippen MR) is 105 cm³/mol. The Bertz CT molecular complexity index is 746. The van der Waals surface area contributed by atoms with Crippen LogP contribution in [-0.2, 0) is 4.79 Å². The Morgan fingerprint density at radius 3 is 2.00 bits per heavy atom. The van der Waals surface area contributed by atoms with E-state index in [-0.39, 0.29) is 11.6 Å². The first-order valence-corrected chi connectivity index (χ1v) is 9.34. The molecule has 0 aliphatic heterocycles. The van der Waals surface area contributed by atoms with Gasteiger partial charge in [0.25, 0.3) is 0 Å². The third-order valence-electron chi connectivity index (χ3n) is 4.27. The minimum absolute atomic E-state index is 0.0804. The molecule has 0 heterocycles. The van der Waals surface area contributed by atoms with Gasteiger partial charge in [0.05, 0.1) is 0 Å². The summed E-state index contributed by atoms with van der Waals surface area (Å²) in [5, 5.41) is 0.594. The summed E-state index contributed by atoms with van der Waals surface area (Å²) in [6.45, 7) is 5.68. The number of carbonyl (C=O) groups excluding carboxylic acids is 2. The van der Waals surface area contributed by atoms with Gasteiger partial charge in [0, 0.05) is 22.6 Å². The van der Waals surface area contributed by atoms with Crippen LogP contribution in [0.4, 0.5) is 0 Å². The minimum atomic E-state index is -0.880. The smallest absolute Gasteiger partial charge is 0.193 e. The van der Waals surface area contributed by atoms with Crippen molar-refractivity contribution in [2.75, 3.05) is 0 Å². The third-order valence-corrected chi connectivity index (χ3v) is 4.53. The van der Waals surface area contributed by atoms with Gasteiger partial charge in [-0.2, -0.15) is 0 Å². The van der Waals surface area contributed by atoms with Crippen molar-refractivity contribution in [3.63, 3.8) is 0 Å². The maximum absolute atomic E-state index is 12.5. The SMILES string of the molecule is CCCCCC(=O)C(C)(C)Oc1ccc(C(=O)c2ccc(Cl)cc2)cc1. The van der Waals surface area contributed by atoms with Crippen LogP contribution in [0.2, 0.25) is 5.02 Å². The molecule has 2 aromatic rings. The topological polar surface area (TPSA) is 43.4 Å². The molecule has 0 saturated carbocycles. The quantitative estimate of drug-likeness (QED) is 0.408. The molecule has 138 valence electrons. The number of hydrogen-bond donors (Lipinski definition) is 0. The van der Waals surface area contributed by atoms with Crippen molar-refractivity contribution in [3.8, 4) is 5.75 Å². The number of benzene rings is 2. The summed E-state index contributed by atoms with van der Waals surface area (Å²) in [6.07, 6.45) is 3.53. The number of ketones is 2. The van der Waals surface area contributed by atoms with Crippen LogP contribution in [0.15, 0.2) is 48.5 Å². The first-order chi connectivity index (χ1) is 12.3. The van der Waals surface area contributed by atoms with Crippen molar-refractivity contribution in [1.82, 2.24) is 0 Å². The van der Waals surface area contributed by atoms with Gasteiger partial charge in [-0.05, 0) is 68.8 Å². The number of Topliss-reactive ketones (excluding diaryl/α,β-unsaturated/α-hetero) is 1. The first-order valence-electron chi connectivity index (χ1n) is 8.96. The van der Waals surface area contributed by atoms with Crippen LogP contribution in [0.25, 0.3) is 0 Å². The molecule has 0 bridgehead atoms. The van der Waals surface area contributed by atoms with E-state index in [9.17, 15) is 9.59 Å². The Kier molecular flexibility index (Phi) is 6.98. The molecular formula is C22H25ClO3. The molecule has 2 aromatic carbocycles. The van der Waals surface area contributed by atoms with E-state index in [0.29, 0.717) is 28.3 Å².